The predicted octanol–water partition coefficient (Wildman–Crippen LogP) is 0.665. The van der Waals surface area contributed by atoms with E-state index in [1.807, 2.05) is 0 Å². The van der Waals surface area contributed by atoms with Crippen molar-refractivity contribution in [3.63, 3.8) is 0 Å². The van der Waals surface area contributed by atoms with Crippen molar-refractivity contribution in [1.82, 2.24) is 0 Å². The molecule has 1 aliphatic rings. The van der Waals surface area contributed by atoms with Crippen molar-refractivity contribution in [3.8, 4) is 0 Å². The summed E-state index contributed by atoms with van der Waals surface area (Å²) in [5.74, 6) is -1.32. The highest BCUT2D eigenvalue weighted by atomic mass is 32.2. The van der Waals surface area contributed by atoms with Crippen LogP contribution in [-0.4, -0.2) is 11.6 Å². The average molecular weight is 237 g/mol. The molecule has 16 heavy (non-hydrogen) atoms. The van der Waals surface area contributed by atoms with Crippen LogP contribution in [0.3, 0.4) is 0 Å². The lowest BCUT2D eigenvalue weighted by Crippen LogP contribution is -2.20. The second-order valence-corrected chi connectivity index (χ2v) is 3.72. The maximum atomic E-state index is 11.6. The summed E-state index contributed by atoms with van der Waals surface area (Å²) in [6, 6.07) is 6.68. The minimum absolute atomic E-state index is 0.0274. The maximum Gasteiger partial charge on any atom is 0.242 e. The van der Waals surface area contributed by atoms with Gasteiger partial charge in [-0.25, -0.2) is 0 Å². The van der Waals surface area contributed by atoms with E-state index in [9.17, 15) is 14.8 Å². The van der Waals surface area contributed by atoms with Crippen LogP contribution in [0.5, 0.6) is 0 Å². The van der Waals surface area contributed by atoms with Crippen molar-refractivity contribution >= 4 is 29.7 Å². The van der Waals surface area contributed by atoms with E-state index >= 15 is 0 Å². The first-order valence-corrected chi connectivity index (χ1v) is 5.01. The van der Waals surface area contributed by atoms with Gasteiger partial charge in [0.05, 0.1) is 16.9 Å². The first-order valence-electron chi connectivity index (χ1n) is 4.27. The van der Waals surface area contributed by atoms with Crippen LogP contribution < -0.4 is 5.26 Å². The minimum Gasteiger partial charge on any atom is -0.691 e. The highest BCUT2D eigenvalue weighted by Gasteiger charge is 2.28. The normalized spacial score (nSPS) is 14.7. The second kappa shape index (κ2) is 4.58. The number of carbonyl (C=O) groups is 2. The third kappa shape index (κ3) is 1.91. The van der Waals surface area contributed by atoms with Crippen LogP contribution in [0.1, 0.15) is 15.9 Å². The summed E-state index contributed by atoms with van der Waals surface area (Å²) in [5, 5.41) is 12.8. The summed E-state index contributed by atoms with van der Waals surface area (Å²) >= 11 is 0.429. The molecule has 0 amide bonds. The number of rotatable bonds is 3. The molecule has 1 aromatic rings. The fraction of sp³-hybridized carbons (Fsp3) is 0. The molecule has 0 bridgehead atoms. The highest BCUT2D eigenvalue weighted by Crippen LogP contribution is 2.28. The van der Waals surface area contributed by atoms with Crippen molar-refractivity contribution in [1.29, 1.82) is 0 Å². The minimum atomic E-state index is -0.708. The van der Waals surface area contributed by atoms with Crippen LogP contribution in [0.25, 0.3) is 6.08 Å². The SMILES string of the molecule is O=C1C(=O)c2ccccc2C=C1SOO[O-]. The molecule has 82 valence electrons. The molecule has 0 radical (unpaired) electrons. The lowest BCUT2D eigenvalue weighted by Gasteiger charge is -2.13. The fourth-order valence-corrected chi connectivity index (χ4v) is 1.83. The molecule has 0 fully saturated rings. The van der Waals surface area contributed by atoms with E-state index < -0.39 is 11.6 Å². The van der Waals surface area contributed by atoms with Crippen molar-refractivity contribution in [2.75, 3.05) is 0 Å². The Labute approximate surface area is 94.7 Å². The molecule has 0 spiro atoms. The number of hydrogen-bond acceptors (Lipinski definition) is 6. The largest absolute Gasteiger partial charge is 0.691 e. The number of Topliss-reactive ketones (excluding diaryl/α,β-unsaturated/α-hetero) is 2. The van der Waals surface area contributed by atoms with Gasteiger partial charge in [0, 0.05) is 5.56 Å². The smallest absolute Gasteiger partial charge is 0.242 e. The first-order chi connectivity index (χ1) is 7.74. The van der Waals surface area contributed by atoms with Gasteiger partial charge in [-0.3, -0.25) is 14.6 Å². The number of ketones is 2. The quantitative estimate of drug-likeness (QED) is 0.333. The zero-order valence-corrected chi connectivity index (χ0v) is 8.65. The van der Waals surface area contributed by atoms with Gasteiger partial charge in [-0.05, 0) is 11.6 Å². The van der Waals surface area contributed by atoms with Crippen LogP contribution in [-0.2, 0) is 14.2 Å². The second-order valence-electron chi connectivity index (χ2n) is 2.97. The third-order valence-electron chi connectivity index (χ3n) is 2.07. The van der Waals surface area contributed by atoms with Crippen LogP contribution in [0.4, 0.5) is 0 Å². The Bertz CT molecular complexity index is 480. The Morgan fingerprint density at radius 1 is 1.12 bits per heavy atom. The molecule has 0 saturated heterocycles. The molecule has 5 nitrogen and oxygen atoms in total. The zero-order chi connectivity index (χ0) is 11.5. The molecule has 0 aliphatic heterocycles. The Balaban J connectivity index is 2.39. The van der Waals surface area contributed by atoms with E-state index in [-0.39, 0.29) is 4.91 Å². The predicted molar refractivity (Wildman–Crippen MR) is 53.5 cm³/mol. The Morgan fingerprint density at radius 2 is 1.88 bits per heavy atom. The lowest BCUT2D eigenvalue weighted by atomic mass is 9.95. The molecule has 2 rings (SSSR count). The summed E-state index contributed by atoms with van der Waals surface area (Å²) in [6.07, 6.45) is 1.47. The molecule has 0 heterocycles. The average Bonchev–Trinajstić information content (AvgIpc) is 2.32. The Hall–Kier alpha value is -1.47. The van der Waals surface area contributed by atoms with Gasteiger partial charge in [0.1, 0.15) is 0 Å². The van der Waals surface area contributed by atoms with Gasteiger partial charge in [-0.1, -0.05) is 24.3 Å². The summed E-state index contributed by atoms with van der Waals surface area (Å²) in [7, 11) is 0. The highest BCUT2D eigenvalue weighted by molar-refractivity contribution is 7.99. The maximum absolute atomic E-state index is 11.6. The van der Waals surface area contributed by atoms with E-state index in [4.69, 9.17) is 0 Å². The van der Waals surface area contributed by atoms with E-state index in [0.29, 0.717) is 23.2 Å². The number of fused-ring (bicyclic) bond motifs is 1. The monoisotopic (exact) mass is 237 g/mol. The molecule has 1 aliphatic carbocycles. The van der Waals surface area contributed by atoms with Crippen molar-refractivity contribution < 1.29 is 24.2 Å². The van der Waals surface area contributed by atoms with E-state index in [2.05, 4.69) is 9.37 Å². The summed E-state index contributed by atoms with van der Waals surface area (Å²) in [4.78, 5) is 23.2. The fourth-order valence-electron chi connectivity index (χ4n) is 1.38. The van der Waals surface area contributed by atoms with Gasteiger partial charge in [-0.15, -0.1) is 0 Å². The third-order valence-corrected chi connectivity index (χ3v) is 2.68. The standard InChI is InChI=1S/C10H6O5S/c11-9-7-4-2-1-3-6(7)5-8(10(9)12)16-15-14-13/h1-5,13H/p-1. The van der Waals surface area contributed by atoms with E-state index in [0.717, 1.165) is 0 Å². The Kier molecular flexibility index (Phi) is 3.16. The van der Waals surface area contributed by atoms with Crippen LogP contribution in [0.2, 0.25) is 0 Å². The van der Waals surface area contributed by atoms with Crippen LogP contribution in [0.15, 0.2) is 29.2 Å². The number of hydrogen-bond donors (Lipinski definition) is 0. The molecule has 0 saturated carbocycles. The van der Waals surface area contributed by atoms with Crippen molar-refractivity contribution in [3.05, 3.63) is 40.3 Å². The lowest BCUT2D eigenvalue weighted by molar-refractivity contribution is -0.777. The molecular weight excluding hydrogens is 232 g/mol. The summed E-state index contributed by atoms with van der Waals surface area (Å²) < 4.78 is 4.03. The van der Waals surface area contributed by atoms with Gasteiger partial charge >= 0.3 is 0 Å². The molecule has 0 aromatic heterocycles. The van der Waals surface area contributed by atoms with Crippen LogP contribution in [0, 0.1) is 0 Å². The Morgan fingerprint density at radius 3 is 2.62 bits per heavy atom. The summed E-state index contributed by atoms with van der Waals surface area (Å²) in [6.45, 7) is 0. The number of benzene rings is 1. The van der Waals surface area contributed by atoms with E-state index in [1.54, 1.807) is 24.3 Å². The van der Waals surface area contributed by atoms with Crippen LogP contribution >= 0.6 is 12.0 Å². The first kappa shape index (κ1) is 11.0. The molecule has 0 unspecified atom stereocenters. The van der Waals surface area contributed by atoms with Gasteiger partial charge in [0.25, 0.3) is 0 Å². The van der Waals surface area contributed by atoms with Crippen molar-refractivity contribution in [2.24, 2.45) is 0 Å². The van der Waals surface area contributed by atoms with Gasteiger partial charge < -0.3 is 5.26 Å². The number of carbonyl (C=O) groups excluding carboxylic acids is 2. The van der Waals surface area contributed by atoms with Crippen molar-refractivity contribution in [2.45, 2.75) is 0 Å². The van der Waals surface area contributed by atoms with Gasteiger partial charge in [-0.2, -0.15) is 4.33 Å². The topological polar surface area (TPSA) is 75.7 Å². The van der Waals surface area contributed by atoms with E-state index in [1.165, 1.54) is 6.08 Å². The summed E-state index contributed by atoms with van der Waals surface area (Å²) in [5.41, 5.74) is 0.962. The molecule has 0 N–H and O–H groups in total. The van der Waals surface area contributed by atoms with Gasteiger partial charge in [0.15, 0.2) is 0 Å². The molecule has 1 aromatic carbocycles. The number of allylic oxidation sites excluding steroid dienone is 1. The zero-order valence-electron chi connectivity index (χ0n) is 7.84. The molecule has 6 heteroatoms. The molecule has 0 atom stereocenters. The van der Waals surface area contributed by atoms with Gasteiger partial charge in [0.2, 0.25) is 11.6 Å². The molecular formula is C10H5O5S-.